The quantitative estimate of drug-likeness (QED) is 0.503. The van der Waals surface area contributed by atoms with Crippen molar-refractivity contribution in [2.45, 2.75) is 6.92 Å². The Morgan fingerprint density at radius 3 is 2.35 bits per heavy atom. The summed E-state index contributed by atoms with van der Waals surface area (Å²) in [6.45, 7) is 0.482. The van der Waals surface area contributed by atoms with E-state index in [4.69, 9.17) is 5.11 Å². The molecule has 0 rings (SSSR count). The number of nitrogens with one attached hydrogen (secondary N) is 1. The number of carbonyl (C=O) groups excluding carboxylic acids is 3. The van der Waals surface area contributed by atoms with Crippen LogP contribution in [0.5, 0.6) is 0 Å². The minimum absolute atomic E-state index is 0.233. The molecule has 0 radical (unpaired) electrons. The fourth-order valence-electron chi connectivity index (χ4n) is 0.618. The number of carbonyl (C=O) groups is 4. The Morgan fingerprint density at radius 1 is 1.29 bits per heavy atom. The largest absolute Gasteiger partial charge is 0.478 e. The third kappa shape index (κ3) is 6.66. The number of imide groups is 1. The fraction of sp³-hybridized carbons (Fsp3) is 0.333. The number of ether oxygens (including phenoxy) is 2. The number of carboxylic acid groups (broad SMARTS) is 1. The van der Waals surface area contributed by atoms with Gasteiger partial charge in [-0.1, -0.05) is 0 Å². The van der Waals surface area contributed by atoms with Gasteiger partial charge in [0.05, 0.1) is 7.11 Å². The highest BCUT2D eigenvalue weighted by molar-refractivity contribution is 5.96. The summed E-state index contributed by atoms with van der Waals surface area (Å²) in [6.07, 6.45) is -0.267. The van der Waals surface area contributed by atoms with Crippen LogP contribution < -0.4 is 5.32 Å². The molecule has 2 amide bonds. The van der Waals surface area contributed by atoms with Crippen LogP contribution in [-0.2, 0) is 23.9 Å². The second-order valence-electron chi connectivity index (χ2n) is 2.78. The van der Waals surface area contributed by atoms with Crippen molar-refractivity contribution in [3.8, 4) is 0 Å². The topological polar surface area (TPSA) is 119 Å². The summed E-state index contributed by atoms with van der Waals surface area (Å²) >= 11 is 0. The lowest BCUT2D eigenvalue weighted by atomic mass is 10.3. The molecule has 8 nitrogen and oxygen atoms in total. The second-order valence-corrected chi connectivity index (χ2v) is 2.78. The molecule has 0 saturated carbocycles. The number of aliphatic carboxylic acids is 1. The summed E-state index contributed by atoms with van der Waals surface area (Å²) < 4.78 is 8.49. The van der Waals surface area contributed by atoms with E-state index >= 15 is 0 Å². The van der Waals surface area contributed by atoms with Crippen LogP contribution in [0.1, 0.15) is 6.92 Å². The van der Waals surface area contributed by atoms with E-state index in [1.807, 2.05) is 0 Å². The van der Waals surface area contributed by atoms with Crippen molar-refractivity contribution in [2.24, 2.45) is 0 Å². The van der Waals surface area contributed by atoms with Gasteiger partial charge in [0.25, 0.3) is 5.91 Å². The van der Waals surface area contributed by atoms with Crippen LogP contribution >= 0.6 is 0 Å². The van der Waals surface area contributed by atoms with Gasteiger partial charge in [-0.2, -0.15) is 0 Å². The highest BCUT2D eigenvalue weighted by atomic mass is 16.5. The summed E-state index contributed by atoms with van der Waals surface area (Å²) in [4.78, 5) is 42.8. The zero-order valence-corrected chi connectivity index (χ0v) is 9.18. The molecule has 0 atom stereocenters. The Hall–Kier alpha value is -2.38. The van der Waals surface area contributed by atoms with Crippen molar-refractivity contribution in [2.75, 3.05) is 13.7 Å². The Kier molecular flexibility index (Phi) is 6.01. The Bertz CT molecular complexity index is 372. The number of methoxy groups -OCH3 is 1. The number of hydrogen-bond acceptors (Lipinski definition) is 6. The lowest BCUT2D eigenvalue weighted by molar-refractivity contribution is -0.144. The van der Waals surface area contributed by atoms with Gasteiger partial charge in [0.2, 0.25) is 0 Å². The van der Waals surface area contributed by atoms with E-state index in [0.29, 0.717) is 6.08 Å². The molecule has 0 aliphatic rings. The average molecular weight is 245 g/mol. The molecule has 0 aromatic carbocycles. The first kappa shape index (κ1) is 14.6. The predicted octanol–water partition coefficient (Wildman–Crippen LogP) is -0.557. The van der Waals surface area contributed by atoms with Gasteiger partial charge in [-0.15, -0.1) is 0 Å². The number of alkyl carbamates (subject to hydrolysis) is 1. The number of rotatable bonds is 4. The van der Waals surface area contributed by atoms with Gasteiger partial charge in [0.1, 0.15) is 0 Å². The van der Waals surface area contributed by atoms with Gasteiger partial charge < -0.3 is 14.6 Å². The molecular weight excluding hydrogens is 234 g/mol. The lowest BCUT2D eigenvalue weighted by Gasteiger charge is -2.02. The summed E-state index contributed by atoms with van der Waals surface area (Å²) in [5.41, 5.74) is -0.233. The van der Waals surface area contributed by atoms with E-state index in [2.05, 4.69) is 9.47 Å². The molecule has 0 fully saturated rings. The van der Waals surface area contributed by atoms with E-state index < -0.39 is 30.5 Å². The first-order valence-electron chi connectivity index (χ1n) is 4.33. The molecule has 0 aromatic rings. The summed E-state index contributed by atoms with van der Waals surface area (Å²) in [7, 11) is 1.06. The van der Waals surface area contributed by atoms with Crippen LogP contribution in [0.25, 0.3) is 0 Å². The number of esters is 1. The number of hydrogen-bond donors (Lipinski definition) is 2. The Balaban J connectivity index is 4.09. The van der Waals surface area contributed by atoms with Crippen LogP contribution in [0, 0.1) is 0 Å². The van der Waals surface area contributed by atoms with Crippen molar-refractivity contribution in [1.29, 1.82) is 0 Å². The molecular formula is C9H11NO7. The maximum absolute atomic E-state index is 11.0. The molecule has 2 N–H and O–H groups in total. The van der Waals surface area contributed by atoms with E-state index in [1.54, 1.807) is 5.32 Å². The summed E-state index contributed by atoms with van der Waals surface area (Å²) in [5, 5.41) is 10.2. The summed E-state index contributed by atoms with van der Waals surface area (Å²) in [6, 6.07) is 0. The summed E-state index contributed by atoms with van der Waals surface area (Å²) in [5.74, 6) is -3.16. The van der Waals surface area contributed by atoms with Gasteiger partial charge >= 0.3 is 18.0 Å². The predicted molar refractivity (Wildman–Crippen MR) is 52.9 cm³/mol. The molecule has 0 spiro atoms. The maximum atomic E-state index is 11.0. The zero-order valence-electron chi connectivity index (χ0n) is 9.18. The van der Waals surface area contributed by atoms with Crippen LogP contribution in [0.2, 0.25) is 0 Å². The van der Waals surface area contributed by atoms with Gasteiger partial charge in [-0.3, -0.25) is 10.1 Å². The smallest absolute Gasteiger partial charge is 0.413 e. The minimum atomic E-state index is -1.28. The Labute approximate surface area is 96.2 Å². The van der Waals surface area contributed by atoms with Crippen LogP contribution in [0.4, 0.5) is 4.79 Å². The van der Waals surface area contributed by atoms with Gasteiger partial charge in [0.15, 0.2) is 6.61 Å². The molecule has 0 saturated heterocycles. The zero-order chi connectivity index (χ0) is 13.4. The highest BCUT2D eigenvalue weighted by Gasteiger charge is 2.10. The van der Waals surface area contributed by atoms with Gasteiger partial charge in [0, 0.05) is 11.6 Å². The third-order valence-corrected chi connectivity index (χ3v) is 1.44. The van der Waals surface area contributed by atoms with E-state index in [1.165, 1.54) is 6.92 Å². The fourth-order valence-corrected chi connectivity index (χ4v) is 0.618. The van der Waals surface area contributed by atoms with Crippen LogP contribution in [0.3, 0.4) is 0 Å². The molecule has 0 aromatic heterocycles. The lowest BCUT2D eigenvalue weighted by Crippen LogP contribution is -2.33. The highest BCUT2D eigenvalue weighted by Crippen LogP contribution is 1.93. The average Bonchev–Trinajstić information content (AvgIpc) is 2.25. The number of amides is 2. The van der Waals surface area contributed by atoms with Crippen LogP contribution in [-0.4, -0.2) is 42.8 Å². The number of carboxylic acids is 1. The van der Waals surface area contributed by atoms with Crippen molar-refractivity contribution in [3.63, 3.8) is 0 Å². The van der Waals surface area contributed by atoms with E-state index in [-0.39, 0.29) is 5.57 Å². The monoisotopic (exact) mass is 245 g/mol. The van der Waals surface area contributed by atoms with Crippen molar-refractivity contribution >= 4 is 23.9 Å². The molecule has 0 heterocycles. The maximum Gasteiger partial charge on any atom is 0.413 e. The molecule has 17 heavy (non-hydrogen) atoms. The normalized spacial score (nSPS) is 10.4. The van der Waals surface area contributed by atoms with Crippen molar-refractivity contribution in [1.82, 2.24) is 5.32 Å². The van der Waals surface area contributed by atoms with Crippen LogP contribution in [0.15, 0.2) is 11.6 Å². The van der Waals surface area contributed by atoms with E-state index in [0.717, 1.165) is 7.11 Å². The minimum Gasteiger partial charge on any atom is -0.478 e. The Morgan fingerprint density at radius 2 is 1.88 bits per heavy atom. The SMILES string of the molecule is COC(=O)NC(=O)COC(=O)C=C(C)C(=O)O. The second kappa shape index (κ2) is 6.99. The molecule has 0 aliphatic heterocycles. The molecule has 0 bridgehead atoms. The molecule has 0 aliphatic carbocycles. The third-order valence-electron chi connectivity index (χ3n) is 1.44. The standard InChI is InChI=1S/C9H11NO7/c1-5(8(13)14)3-7(12)17-4-6(11)10-9(15)16-2/h3H,4H2,1-2H3,(H,13,14)(H,10,11,15). The van der Waals surface area contributed by atoms with Crippen molar-refractivity contribution in [3.05, 3.63) is 11.6 Å². The molecule has 0 unspecified atom stereocenters. The molecule has 8 heteroatoms. The molecule has 94 valence electrons. The first-order valence-corrected chi connectivity index (χ1v) is 4.33. The van der Waals surface area contributed by atoms with Crippen molar-refractivity contribution < 1.29 is 33.8 Å². The van der Waals surface area contributed by atoms with Gasteiger partial charge in [-0.05, 0) is 6.92 Å². The van der Waals surface area contributed by atoms with Gasteiger partial charge in [-0.25, -0.2) is 14.4 Å². The first-order chi connectivity index (χ1) is 7.86. The van der Waals surface area contributed by atoms with E-state index in [9.17, 15) is 19.2 Å².